The van der Waals surface area contributed by atoms with Gasteiger partial charge in [0.05, 0.1) is 4.90 Å². The maximum absolute atomic E-state index is 12.6. The summed E-state index contributed by atoms with van der Waals surface area (Å²) in [5, 5.41) is 18.5. The molecule has 2 N–H and O–H groups in total. The van der Waals surface area contributed by atoms with Crippen LogP contribution in [0.4, 0.5) is 0 Å². The maximum Gasteiger partial charge on any atom is 0.339 e. The highest BCUT2D eigenvalue weighted by molar-refractivity contribution is 7.89. The molecule has 1 saturated heterocycles. The van der Waals surface area contributed by atoms with Crippen LogP contribution in [0.5, 0.6) is 5.75 Å². The van der Waals surface area contributed by atoms with E-state index in [2.05, 4.69) is 0 Å². The molecule has 1 aliphatic heterocycles. The van der Waals surface area contributed by atoms with Gasteiger partial charge >= 0.3 is 5.97 Å². The van der Waals surface area contributed by atoms with Gasteiger partial charge in [-0.25, -0.2) is 13.2 Å². The number of aromatic carboxylic acids is 1. The van der Waals surface area contributed by atoms with Crippen molar-refractivity contribution < 1.29 is 23.4 Å². The van der Waals surface area contributed by atoms with Crippen molar-refractivity contribution in [3.05, 3.63) is 23.8 Å². The van der Waals surface area contributed by atoms with Crippen LogP contribution in [0.3, 0.4) is 0 Å². The maximum atomic E-state index is 12.6. The van der Waals surface area contributed by atoms with Crippen molar-refractivity contribution in [3.63, 3.8) is 0 Å². The first kappa shape index (κ1) is 15.8. The summed E-state index contributed by atoms with van der Waals surface area (Å²) in [6, 6.07) is 3.38. The zero-order valence-electron chi connectivity index (χ0n) is 11.7. The van der Waals surface area contributed by atoms with Gasteiger partial charge in [0.2, 0.25) is 10.0 Å². The van der Waals surface area contributed by atoms with Gasteiger partial charge in [-0.05, 0) is 31.0 Å². The predicted molar refractivity (Wildman–Crippen MR) is 76.9 cm³/mol. The minimum absolute atomic E-state index is 0.0849. The number of carboxylic acids is 1. The molecule has 2 rings (SSSR count). The smallest absolute Gasteiger partial charge is 0.339 e. The molecule has 0 bridgehead atoms. The van der Waals surface area contributed by atoms with E-state index >= 15 is 0 Å². The molecular formula is C14H19NO5S. The van der Waals surface area contributed by atoms with Crippen LogP contribution in [0.15, 0.2) is 23.1 Å². The molecule has 0 amide bonds. The Kier molecular flexibility index (Phi) is 4.84. The molecule has 7 heteroatoms. The number of aromatic hydroxyl groups is 1. The summed E-state index contributed by atoms with van der Waals surface area (Å²) >= 11 is 0. The van der Waals surface area contributed by atoms with Crippen LogP contribution < -0.4 is 0 Å². The van der Waals surface area contributed by atoms with E-state index in [-0.39, 0.29) is 4.90 Å². The Morgan fingerprint density at radius 2 is 1.62 bits per heavy atom. The third-order valence-electron chi connectivity index (χ3n) is 3.65. The van der Waals surface area contributed by atoms with Gasteiger partial charge in [0.25, 0.3) is 0 Å². The van der Waals surface area contributed by atoms with Crippen LogP contribution in [-0.2, 0) is 10.0 Å². The van der Waals surface area contributed by atoms with E-state index in [1.165, 1.54) is 10.4 Å². The third-order valence-corrected chi connectivity index (χ3v) is 5.55. The molecule has 1 heterocycles. The van der Waals surface area contributed by atoms with Gasteiger partial charge in [-0.15, -0.1) is 0 Å². The highest BCUT2D eigenvalue weighted by Gasteiger charge is 2.26. The van der Waals surface area contributed by atoms with Crippen molar-refractivity contribution in [1.82, 2.24) is 4.31 Å². The first-order valence-corrected chi connectivity index (χ1v) is 8.43. The Labute approximate surface area is 124 Å². The average Bonchev–Trinajstić information content (AvgIpc) is 2.37. The highest BCUT2D eigenvalue weighted by atomic mass is 32.2. The molecule has 0 aliphatic carbocycles. The van der Waals surface area contributed by atoms with Crippen LogP contribution in [0.25, 0.3) is 0 Å². The molecule has 0 aromatic heterocycles. The molecule has 1 aromatic carbocycles. The summed E-state index contributed by atoms with van der Waals surface area (Å²) in [7, 11) is -3.72. The number of sulfonamides is 1. The molecule has 0 radical (unpaired) electrons. The number of nitrogens with zero attached hydrogens (tertiary/aromatic N) is 1. The summed E-state index contributed by atoms with van der Waals surface area (Å²) in [5.74, 6) is -1.79. The summed E-state index contributed by atoms with van der Waals surface area (Å²) in [6.07, 6.45) is 4.74. The van der Waals surface area contributed by atoms with Crippen LogP contribution in [0, 0.1) is 0 Å². The first-order valence-electron chi connectivity index (χ1n) is 6.99. The molecule has 1 fully saturated rings. The lowest BCUT2D eigenvalue weighted by Crippen LogP contribution is -2.33. The SMILES string of the molecule is O=C(O)c1cc(S(=O)(=O)N2CCCCCCC2)ccc1O. The van der Waals surface area contributed by atoms with E-state index in [0.29, 0.717) is 13.1 Å². The lowest BCUT2D eigenvalue weighted by Gasteiger charge is -2.24. The number of benzene rings is 1. The van der Waals surface area contributed by atoms with Crippen molar-refractivity contribution in [1.29, 1.82) is 0 Å². The Morgan fingerprint density at radius 1 is 1.05 bits per heavy atom. The lowest BCUT2D eigenvalue weighted by molar-refractivity contribution is 0.0693. The van der Waals surface area contributed by atoms with Gasteiger partial charge in [-0.2, -0.15) is 4.31 Å². The van der Waals surface area contributed by atoms with E-state index in [1.807, 2.05) is 0 Å². The molecule has 1 aromatic rings. The van der Waals surface area contributed by atoms with Crippen molar-refractivity contribution in [2.75, 3.05) is 13.1 Å². The van der Waals surface area contributed by atoms with Crippen molar-refractivity contribution in [2.45, 2.75) is 37.0 Å². The third kappa shape index (κ3) is 3.54. The minimum atomic E-state index is -3.72. The van der Waals surface area contributed by atoms with Gasteiger partial charge < -0.3 is 10.2 Å². The molecular weight excluding hydrogens is 294 g/mol. The zero-order valence-corrected chi connectivity index (χ0v) is 12.5. The largest absolute Gasteiger partial charge is 0.507 e. The monoisotopic (exact) mass is 313 g/mol. The van der Waals surface area contributed by atoms with Gasteiger partial charge in [0.15, 0.2) is 0 Å². The van der Waals surface area contributed by atoms with E-state index in [1.54, 1.807) is 0 Å². The van der Waals surface area contributed by atoms with Crippen LogP contribution in [0.1, 0.15) is 42.5 Å². The summed E-state index contributed by atoms with van der Waals surface area (Å²) in [4.78, 5) is 10.9. The van der Waals surface area contributed by atoms with Crippen LogP contribution in [-0.4, -0.2) is 42.0 Å². The second-order valence-corrected chi connectivity index (χ2v) is 7.09. The van der Waals surface area contributed by atoms with E-state index in [4.69, 9.17) is 5.11 Å². The van der Waals surface area contributed by atoms with Crippen LogP contribution in [0.2, 0.25) is 0 Å². The van der Waals surface area contributed by atoms with E-state index in [0.717, 1.165) is 44.2 Å². The molecule has 116 valence electrons. The van der Waals surface area contributed by atoms with Crippen molar-refractivity contribution >= 4 is 16.0 Å². The Hall–Kier alpha value is -1.60. The predicted octanol–water partition coefficient (Wildman–Crippen LogP) is 2.05. The highest BCUT2D eigenvalue weighted by Crippen LogP contribution is 2.25. The Morgan fingerprint density at radius 3 is 2.19 bits per heavy atom. The minimum Gasteiger partial charge on any atom is -0.507 e. The number of rotatable bonds is 3. The van der Waals surface area contributed by atoms with Gasteiger partial charge in [-0.1, -0.05) is 19.3 Å². The first-order chi connectivity index (χ1) is 9.93. The molecule has 1 aliphatic rings. The fraction of sp³-hybridized carbons (Fsp3) is 0.500. The molecule has 0 spiro atoms. The Bertz CT molecular complexity index is 618. The molecule has 0 saturated carbocycles. The Balaban J connectivity index is 2.34. The second-order valence-electron chi connectivity index (χ2n) is 5.16. The van der Waals surface area contributed by atoms with Crippen LogP contribution >= 0.6 is 0 Å². The fourth-order valence-corrected chi connectivity index (χ4v) is 4.00. The number of hydrogen-bond donors (Lipinski definition) is 2. The topological polar surface area (TPSA) is 94.9 Å². The average molecular weight is 313 g/mol. The molecule has 21 heavy (non-hydrogen) atoms. The van der Waals surface area contributed by atoms with E-state index < -0.39 is 27.3 Å². The summed E-state index contributed by atoms with van der Waals surface area (Å²) in [5.41, 5.74) is -0.400. The standard InChI is InChI=1S/C14H19NO5S/c16-13-7-6-11(10-12(13)14(17)18)21(19,20)15-8-4-2-1-3-5-9-15/h6-7,10,16H,1-5,8-9H2,(H,17,18). The number of carboxylic acid groups (broad SMARTS) is 1. The molecule has 0 atom stereocenters. The molecule has 0 unspecified atom stereocenters. The number of phenols is 1. The van der Waals surface area contributed by atoms with Gasteiger partial charge in [-0.3, -0.25) is 0 Å². The molecule has 6 nitrogen and oxygen atoms in total. The van der Waals surface area contributed by atoms with Crippen molar-refractivity contribution in [3.8, 4) is 5.75 Å². The summed E-state index contributed by atoms with van der Waals surface area (Å²) < 4.78 is 26.6. The zero-order chi connectivity index (χ0) is 15.5. The normalized spacial score (nSPS) is 17.9. The number of hydrogen-bond acceptors (Lipinski definition) is 4. The van der Waals surface area contributed by atoms with Crippen molar-refractivity contribution in [2.24, 2.45) is 0 Å². The fourth-order valence-electron chi connectivity index (χ4n) is 2.45. The quantitative estimate of drug-likeness (QED) is 0.890. The van der Waals surface area contributed by atoms with E-state index in [9.17, 15) is 18.3 Å². The van der Waals surface area contributed by atoms with Gasteiger partial charge in [0.1, 0.15) is 11.3 Å². The number of carbonyl (C=O) groups is 1. The van der Waals surface area contributed by atoms with Gasteiger partial charge in [0, 0.05) is 13.1 Å². The summed E-state index contributed by atoms with van der Waals surface area (Å²) in [6.45, 7) is 0.900. The second kappa shape index (κ2) is 6.44. The lowest BCUT2D eigenvalue weighted by atomic mass is 10.1.